The summed E-state index contributed by atoms with van der Waals surface area (Å²) < 4.78 is 25.8. The first-order valence-electron chi connectivity index (χ1n) is 7.04. The van der Waals surface area contributed by atoms with Crippen LogP contribution in [-0.2, 0) is 14.6 Å². The first-order valence-corrected chi connectivity index (χ1v) is 8.97. The number of nitriles is 1. The average molecular weight is 362 g/mol. The minimum Gasteiger partial charge on any atom is -0.480 e. The lowest BCUT2D eigenvalue weighted by Crippen LogP contribution is -2.22. The maximum absolute atomic E-state index is 12.9. The second-order valence-corrected chi connectivity index (χ2v) is 8.10. The van der Waals surface area contributed by atoms with Gasteiger partial charge in [0.25, 0.3) is 0 Å². The van der Waals surface area contributed by atoms with Gasteiger partial charge in [-0.2, -0.15) is 5.26 Å². The zero-order valence-electron chi connectivity index (χ0n) is 12.3. The number of carbonyl (C=O) groups is 1. The van der Waals surface area contributed by atoms with Crippen LogP contribution in [0.25, 0.3) is 0 Å². The van der Waals surface area contributed by atoms with E-state index < -0.39 is 32.4 Å². The molecule has 0 heterocycles. The van der Waals surface area contributed by atoms with E-state index in [4.69, 9.17) is 11.6 Å². The third kappa shape index (κ3) is 2.29. The number of benzene rings is 2. The topological polar surface area (TPSA) is 95.2 Å². The van der Waals surface area contributed by atoms with E-state index in [0.717, 1.165) is 0 Å². The van der Waals surface area contributed by atoms with Gasteiger partial charge in [-0.15, -0.1) is 0 Å². The van der Waals surface area contributed by atoms with Gasteiger partial charge < -0.3 is 5.11 Å². The molecule has 3 atom stereocenters. The number of halogens is 1. The maximum atomic E-state index is 12.9. The molecule has 0 saturated heterocycles. The Morgan fingerprint density at radius 1 is 1.17 bits per heavy atom. The highest BCUT2D eigenvalue weighted by Crippen LogP contribution is 2.64. The quantitative estimate of drug-likeness (QED) is 0.903. The number of carboxylic acids is 1. The molecular weight excluding hydrogens is 350 g/mol. The Kier molecular flexibility index (Phi) is 3.86. The minimum absolute atomic E-state index is 0.000373. The molecule has 2 aromatic rings. The molecule has 0 spiro atoms. The molecule has 0 amide bonds. The van der Waals surface area contributed by atoms with Crippen LogP contribution in [0.4, 0.5) is 0 Å². The Bertz CT molecular complexity index is 952. The molecule has 0 bridgehead atoms. The molecule has 24 heavy (non-hydrogen) atoms. The van der Waals surface area contributed by atoms with E-state index in [1.54, 1.807) is 42.5 Å². The molecular formula is C17H12ClNO4S. The van der Waals surface area contributed by atoms with Gasteiger partial charge in [0, 0.05) is 10.9 Å². The highest BCUT2D eigenvalue weighted by molar-refractivity contribution is 7.92. The largest absolute Gasteiger partial charge is 0.480 e. The van der Waals surface area contributed by atoms with Crippen molar-refractivity contribution in [2.45, 2.75) is 16.1 Å². The van der Waals surface area contributed by atoms with Crippen LogP contribution in [-0.4, -0.2) is 24.7 Å². The van der Waals surface area contributed by atoms with Crippen molar-refractivity contribution in [1.29, 1.82) is 5.26 Å². The van der Waals surface area contributed by atoms with Gasteiger partial charge >= 0.3 is 5.97 Å². The predicted octanol–water partition coefficient (Wildman–Crippen LogP) is 2.87. The normalized spacial score (nSPS) is 25.7. The van der Waals surface area contributed by atoms with Crippen LogP contribution in [0.3, 0.4) is 0 Å². The van der Waals surface area contributed by atoms with Crippen molar-refractivity contribution < 1.29 is 18.3 Å². The Labute approximate surface area is 144 Å². The average Bonchev–Trinajstić information content (AvgIpc) is 3.27. The number of hydrogen-bond acceptors (Lipinski definition) is 4. The van der Waals surface area contributed by atoms with Crippen molar-refractivity contribution in [3.05, 3.63) is 65.2 Å². The second-order valence-electron chi connectivity index (χ2n) is 5.60. The van der Waals surface area contributed by atoms with Crippen LogP contribution in [0.15, 0.2) is 59.5 Å². The number of hydrogen-bond donors (Lipinski definition) is 1. The lowest BCUT2D eigenvalue weighted by molar-refractivity contribution is -0.141. The van der Waals surface area contributed by atoms with E-state index in [1.807, 2.05) is 0 Å². The Morgan fingerprint density at radius 3 is 2.38 bits per heavy atom. The molecule has 1 N–H and O–H groups in total. The van der Waals surface area contributed by atoms with Crippen molar-refractivity contribution in [2.75, 3.05) is 0 Å². The third-order valence-corrected chi connectivity index (χ3v) is 6.76. The van der Waals surface area contributed by atoms with E-state index in [0.29, 0.717) is 10.6 Å². The Morgan fingerprint density at radius 2 is 1.83 bits per heavy atom. The van der Waals surface area contributed by atoms with E-state index in [-0.39, 0.29) is 4.90 Å². The van der Waals surface area contributed by atoms with Crippen molar-refractivity contribution in [3.8, 4) is 6.07 Å². The molecule has 1 fully saturated rings. The van der Waals surface area contributed by atoms with Gasteiger partial charge in [0.2, 0.25) is 0 Å². The monoisotopic (exact) mass is 361 g/mol. The molecule has 1 aliphatic rings. The fourth-order valence-corrected chi connectivity index (χ4v) is 5.58. The van der Waals surface area contributed by atoms with E-state index in [9.17, 15) is 23.6 Å². The first kappa shape index (κ1) is 16.5. The fourth-order valence-electron chi connectivity index (χ4n) is 3.11. The SMILES string of the molecule is N#C[C@@]1(C(=O)O)[C@@H](c2cccc(Cl)c2)[C@@H]1S(=O)(=O)c1ccccc1. The van der Waals surface area contributed by atoms with Crippen LogP contribution in [0, 0.1) is 16.7 Å². The van der Waals surface area contributed by atoms with Crippen molar-refractivity contribution >= 4 is 27.4 Å². The standard InChI is InChI=1S/C17H12ClNO4S/c18-12-6-4-5-11(9-12)14-15(17(14,10-19)16(20)21)24(22,23)13-7-2-1-3-8-13/h1-9,14-15H,(H,20,21)/t14-,15-,17+/m0/s1. The third-order valence-electron chi connectivity index (χ3n) is 4.29. The molecule has 2 aromatic carbocycles. The molecule has 122 valence electrons. The van der Waals surface area contributed by atoms with Crippen molar-refractivity contribution in [1.82, 2.24) is 0 Å². The number of rotatable bonds is 4. The summed E-state index contributed by atoms with van der Waals surface area (Å²) in [6, 6.07) is 15.6. The predicted molar refractivity (Wildman–Crippen MR) is 87.3 cm³/mol. The van der Waals surface area contributed by atoms with Gasteiger partial charge in [0.05, 0.1) is 11.0 Å². The smallest absolute Gasteiger partial charge is 0.326 e. The van der Waals surface area contributed by atoms with Gasteiger partial charge in [-0.1, -0.05) is 41.9 Å². The summed E-state index contributed by atoms with van der Waals surface area (Å²) in [6.45, 7) is 0. The van der Waals surface area contributed by atoms with E-state index in [2.05, 4.69) is 0 Å². The van der Waals surface area contributed by atoms with Gasteiger partial charge in [-0.25, -0.2) is 8.42 Å². The minimum atomic E-state index is -3.99. The molecule has 0 radical (unpaired) electrons. The van der Waals surface area contributed by atoms with Crippen LogP contribution < -0.4 is 0 Å². The fraction of sp³-hybridized carbons (Fsp3) is 0.176. The first-order chi connectivity index (χ1) is 11.4. The Balaban J connectivity index is 2.16. The van der Waals surface area contributed by atoms with Gasteiger partial charge in [0.1, 0.15) is 5.25 Å². The second kappa shape index (κ2) is 5.62. The molecule has 1 aliphatic carbocycles. The number of sulfone groups is 1. The van der Waals surface area contributed by atoms with E-state index >= 15 is 0 Å². The highest BCUT2D eigenvalue weighted by Gasteiger charge is 2.77. The van der Waals surface area contributed by atoms with Crippen LogP contribution in [0.1, 0.15) is 11.5 Å². The van der Waals surface area contributed by atoms with Crippen LogP contribution in [0.2, 0.25) is 5.02 Å². The summed E-state index contributed by atoms with van der Waals surface area (Å²) in [5, 5.41) is 18.0. The van der Waals surface area contributed by atoms with Gasteiger partial charge in [0.15, 0.2) is 15.3 Å². The lowest BCUT2D eigenvalue weighted by Gasteiger charge is -2.04. The number of aliphatic carboxylic acids is 1. The molecule has 0 aromatic heterocycles. The summed E-state index contributed by atoms with van der Waals surface area (Å²) in [4.78, 5) is 11.8. The summed E-state index contributed by atoms with van der Waals surface area (Å²) in [5.41, 5.74) is -1.59. The lowest BCUT2D eigenvalue weighted by atomic mass is 10.0. The van der Waals surface area contributed by atoms with Crippen LogP contribution >= 0.6 is 11.6 Å². The highest BCUT2D eigenvalue weighted by atomic mass is 35.5. The maximum Gasteiger partial charge on any atom is 0.326 e. The van der Waals surface area contributed by atoms with E-state index in [1.165, 1.54) is 18.2 Å². The van der Waals surface area contributed by atoms with Crippen molar-refractivity contribution in [2.24, 2.45) is 5.41 Å². The number of carboxylic acid groups (broad SMARTS) is 1. The zero-order chi connectivity index (χ0) is 17.5. The summed E-state index contributed by atoms with van der Waals surface area (Å²) >= 11 is 5.93. The van der Waals surface area contributed by atoms with Gasteiger partial charge in [-0.3, -0.25) is 4.79 Å². The molecule has 1 saturated carbocycles. The van der Waals surface area contributed by atoms with Crippen molar-refractivity contribution in [3.63, 3.8) is 0 Å². The summed E-state index contributed by atoms with van der Waals surface area (Å²) in [5.74, 6) is -2.41. The Hall–Kier alpha value is -2.36. The summed E-state index contributed by atoms with van der Waals surface area (Å²) in [7, 11) is -3.99. The number of nitrogens with zero attached hydrogens (tertiary/aromatic N) is 1. The van der Waals surface area contributed by atoms with Gasteiger partial charge in [-0.05, 0) is 29.8 Å². The zero-order valence-corrected chi connectivity index (χ0v) is 13.8. The summed E-state index contributed by atoms with van der Waals surface area (Å²) in [6.07, 6.45) is 0. The molecule has 5 nitrogen and oxygen atoms in total. The molecule has 7 heteroatoms. The van der Waals surface area contributed by atoms with Crippen LogP contribution in [0.5, 0.6) is 0 Å². The molecule has 0 unspecified atom stereocenters. The molecule has 3 rings (SSSR count). The molecule has 0 aliphatic heterocycles.